The van der Waals surface area contributed by atoms with Gasteiger partial charge in [0.05, 0.1) is 5.92 Å². The summed E-state index contributed by atoms with van der Waals surface area (Å²) in [7, 11) is 0. The van der Waals surface area contributed by atoms with Crippen LogP contribution in [0.1, 0.15) is 19.3 Å². The Bertz CT molecular complexity index is 655. The van der Waals surface area contributed by atoms with Crippen LogP contribution < -0.4 is 4.74 Å². The van der Waals surface area contributed by atoms with Gasteiger partial charge < -0.3 is 19.6 Å². The number of carboxylic acids is 1. The van der Waals surface area contributed by atoms with Gasteiger partial charge in [-0.2, -0.15) is 0 Å². The summed E-state index contributed by atoms with van der Waals surface area (Å²) >= 11 is 0. The minimum Gasteiger partial charge on any atom is -0.484 e. The highest BCUT2D eigenvalue weighted by molar-refractivity contribution is 5.82. The molecule has 2 aliphatic heterocycles. The van der Waals surface area contributed by atoms with Gasteiger partial charge in [-0.3, -0.25) is 14.4 Å². The molecule has 1 unspecified atom stereocenters. The van der Waals surface area contributed by atoms with Gasteiger partial charge >= 0.3 is 5.97 Å². The predicted molar refractivity (Wildman–Crippen MR) is 93.6 cm³/mol. The molecule has 2 fully saturated rings. The fourth-order valence-electron chi connectivity index (χ4n) is 3.55. The minimum absolute atomic E-state index is 0.00492. The Balaban J connectivity index is 1.43. The van der Waals surface area contributed by atoms with E-state index in [1.807, 2.05) is 18.2 Å². The molecule has 0 radical (unpaired) electrons. The van der Waals surface area contributed by atoms with Crippen LogP contribution in [0.2, 0.25) is 0 Å². The number of para-hydroxylation sites is 1. The van der Waals surface area contributed by atoms with Crippen LogP contribution in [-0.4, -0.2) is 65.5 Å². The molecule has 2 amide bonds. The number of carboxylic acid groups (broad SMARTS) is 1. The number of piperidine rings is 1. The molecular weight excluding hydrogens is 336 g/mol. The predicted octanol–water partition coefficient (Wildman–Crippen LogP) is 1.24. The summed E-state index contributed by atoms with van der Waals surface area (Å²) in [4.78, 5) is 39.3. The average molecular weight is 360 g/mol. The van der Waals surface area contributed by atoms with E-state index in [9.17, 15) is 14.4 Å². The zero-order valence-corrected chi connectivity index (χ0v) is 14.7. The van der Waals surface area contributed by atoms with Gasteiger partial charge in [0, 0.05) is 32.1 Å². The molecule has 0 saturated carbocycles. The van der Waals surface area contributed by atoms with Crippen molar-refractivity contribution in [1.29, 1.82) is 0 Å². The van der Waals surface area contributed by atoms with E-state index in [-0.39, 0.29) is 24.3 Å². The Morgan fingerprint density at radius 1 is 0.962 bits per heavy atom. The maximum absolute atomic E-state index is 12.6. The average Bonchev–Trinajstić information content (AvgIpc) is 3.17. The molecule has 140 valence electrons. The van der Waals surface area contributed by atoms with E-state index >= 15 is 0 Å². The molecule has 0 aromatic heterocycles. The monoisotopic (exact) mass is 360 g/mol. The summed E-state index contributed by atoms with van der Waals surface area (Å²) in [6.45, 7) is 1.88. The molecule has 1 N–H and O–H groups in total. The van der Waals surface area contributed by atoms with Crippen LogP contribution >= 0.6 is 0 Å². The zero-order chi connectivity index (χ0) is 18.5. The highest BCUT2D eigenvalue weighted by atomic mass is 16.5. The van der Waals surface area contributed by atoms with Crippen LogP contribution in [-0.2, 0) is 14.4 Å². The summed E-state index contributed by atoms with van der Waals surface area (Å²) in [5.74, 6) is -0.794. The van der Waals surface area contributed by atoms with Crippen molar-refractivity contribution < 1.29 is 24.2 Å². The van der Waals surface area contributed by atoms with Crippen molar-refractivity contribution in [1.82, 2.24) is 9.80 Å². The third kappa shape index (κ3) is 4.33. The van der Waals surface area contributed by atoms with Gasteiger partial charge in [0.2, 0.25) is 5.91 Å². The number of amides is 2. The Hall–Kier alpha value is -2.57. The first kappa shape index (κ1) is 18.2. The minimum atomic E-state index is -0.834. The summed E-state index contributed by atoms with van der Waals surface area (Å²) in [6, 6.07) is 9.20. The van der Waals surface area contributed by atoms with Crippen molar-refractivity contribution in [3.63, 3.8) is 0 Å². The number of hydrogen-bond donors (Lipinski definition) is 1. The highest BCUT2D eigenvalue weighted by Gasteiger charge is 2.35. The first-order valence-corrected chi connectivity index (χ1v) is 9.02. The van der Waals surface area contributed by atoms with Crippen LogP contribution in [0.3, 0.4) is 0 Å². The number of carbonyl (C=O) groups excluding carboxylic acids is 2. The second kappa shape index (κ2) is 8.21. The van der Waals surface area contributed by atoms with E-state index in [4.69, 9.17) is 9.84 Å². The number of ether oxygens (including phenoxy) is 1. The maximum Gasteiger partial charge on any atom is 0.308 e. The Morgan fingerprint density at radius 2 is 1.58 bits per heavy atom. The molecule has 1 atom stereocenters. The largest absolute Gasteiger partial charge is 0.484 e. The van der Waals surface area contributed by atoms with E-state index in [1.54, 1.807) is 21.9 Å². The highest BCUT2D eigenvalue weighted by Crippen LogP contribution is 2.24. The Morgan fingerprint density at radius 3 is 2.19 bits per heavy atom. The van der Waals surface area contributed by atoms with Crippen molar-refractivity contribution in [3.05, 3.63) is 30.3 Å². The molecule has 2 saturated heterocycles. The summed E-state index contributed by atoms with van der Waals surface area (Å²) in [6.07, 6.45) is 1.75. The molecule has 0 spiro atoms. The van der Waals surface area contributed by atoms with E-state index in [2.05, 4.69) is 0 Å². The third-order valence-electron chi connectivity index (χ3n) is 5.15. The summed E-state index contributed by atoms with van der Waals surface area (Å²) in [5, 5.41) is 9.06. The molecule has 3 rings (SSSR count). The van der Waals surface area contributed by atoms with Crippen molar-refractivity contribution in [2.24, 2.45) is 11.8 Å². The van der Waals surface area contributed by atoms with Crippen molar-refractivity contribution in [3.8, 4) is 5.75 Å². The van der Waals surface area contributed by atoms with Crippen LogP contribution in [0.5, 0.6) is 5.75 Å². The van der Waals surface area contributed by atoms with Crippen LogP contribution in [0, 0.1) is 11.8 Å². The quantitative estimate of drug-likeness (QED) is 0.854. The number of nitrogens with zero attached hydrogens (tertiary/aromatic N) is 2. The van der Waals surface area contributed by atoms with Crippen molar-refractivity contribution in [2.45, 2.75) is 19.3 Å². The number of hydrogen-bond acceptors (Lipinski definition) is 4. The molecule has 1 aromatic carbocycles. The molecule has 2 heterocycles. The first-order chi connectivity index (χ1) is 12.5. The van der Waals surface area contributed by atoms with E-state index in [0.717, 1.165) is 0 Å². The number of aliphatic carboxylic acids is 1. The molecule has 26 heavy (non-hydrogen) atoms. The van der Waals surface area contributed by atoms with Crippen molar-refractivity contribution >= 4 is 17.8 Å². The smallest absolute Gasteiger partial charge is 0.308 e. The zero-order valence-electron chi connectivity index (χ0n) is 14.7. The van der Waals surface area contributed by atoms with Crippen molar-refractivity contribution in [2.75, 3.05) is 32.8 Å². The fourth-order valence-corrected chi connectivity index (χ4v) is 3.55. The lowest BCUT2D eigenvalue weighted by Crippen LogP contribution is -2.45. The van der Waals surface area contributed by atoms with Gasteiger partial charge in [-0.1, -0.05) is 18.2 Å². The second-order valence-electron chi connectivity index (χ2n) is 6.86. The molecule has 7 heteroatoms. The normalized spacial score (nSPS) is 20.8. The maximum atomic E-state index is 12.6. The number of rotatable bonds is 5. The molecule has 0 aliphatic carbocycles. The van der Waals surface area contributed by atoms with Crippen LogP contribution in [0.4, 0.5) is 0 Å². The third-order valence-corrected chi connectivity index (χ3v) is 5.15. The standard InChI is InChI=1S/C19H24N2O5/c22-17(13-26-16-4-2-1-3-5-16)20-9-6-14(7-10-20)18(23)21-11-8-15(12-21)19(24)25/h1-5,14-15H,6-13H2,(H,24,25). The number of benzene rings is 1. The second-order valence-corrected chi connectivity index (χ2v) is 6.86. The molecule has 1 aromatic rings. The van der Waals surface area contributed by atoms with Gasteiger partial charge in [0.1, 0.15) is 5.75 Å². The lowest BCUT2D eigenvalue weighted by Gasteiger charge is -2.33. The molecule has 2 aliphatic rings. The molecular formula is C19H24N2O5. The summed E-state index contributed by atoms with van der Waals surface area (Å²) in [5.41, 5.74) is 0. The van der Waals surface area contributed by atoms with E-state index in [0.29, 0.717) is 51.2 Å². The first-order valence-electron chi connectivity index (χ1n) is 9.02. The summed E-state index contributed by atoms with van der Waals surface area (Å²) < 4.78 is 5.49. The SMILES string of the molecule is O=C(O)C1CCN(C(=O)C2CCN(C(=O)COc3ccccc3)CC2)C1. The fraction of sp³-hybridized carbons (Fsp3) is 0.526. The molecule has 0 bridgehead atoms. The van der Waals surface area contributed by atoms with Gasteiger partial charge in [0.25, 0.3) is 5.91 Å². The van der Waals surface area contributed by atoms with Crippen LogP contribution in [0.25, 0.3) is 0 Å². The van der Waals surface area contributed by atoms with Gasteiger partial charge in [-0.15, -0.1) is 0 Å². The number of likely N-dealkylation sites (tertiary alicyclic amines) is 2. The number of carbonyl (C=O) groups is 3. The van der Waals surface area contributed by atoms with Crippen LogP contribution in [0.15, 0.2) is 30.3 Å². The van der Waals surface area contributed by atoms with Gasteiger partial charge in [-0.05, 0) is 31.4 Å². The lowest BCUT2D eigenvalue weighted by molar-refractivity contribution is -0.143. The Kier molecular flexibility index (Phi) is 5.75. The van der Waals surface area contributed by atoms with Gasteiger partial charge in [0.15, 0.2) is 6.61 Å². The molecule has 7 nitrogen and oxygen atoms in total. The topological polar surface area (TPSA) is 87.2 Å². The van der Waals surface area contributed by atoms with E-state index in [1.165, 1.54) is 0 Å². The lowest BCUT2D eigenvalue weighted by atomic mass is 9.95. The van der Waals surface area contributed by atoms with Gasteiger partial charge in [-0.25, -0.2) is 0 Å². The van der Waals surface area contributed by atoms with E-state index < -0.39 is 11.9 Å². The Labute approximate surface area is 152 Å².